The molecular weight excluding hydrogens is 499 g/mol. The number of aryl methyl sites for hydroxylation is 1. The van der Waals surface area contributed by atoms with Gasteiger partial charge in [0.2, 0.25) is 0 Å². The fraction of sp³-hybridized carbons (Fsp3) is 0.192. The molecule has 1 aromatic carbocycles. The molecule has 2 N–H and O–H groups in total. The lowest BCUT2D eigenvalue weighted by atomic mass is 10.1. The van der Waals surface area contributed by atoms with E-state index in [-0.39, 0.29) is 18.6 Å². The number of carbonyl (C=O) groups is 1. The zero-order valence-corrected chi connectivity index (χ0v) is 20.2. The van der Waals surface area contributed by atoms with Gasteiger partial charge in [-0.3, -0.25) is 19.4 Å². The molecule has 5 rings (SSSR count). The number of nitrogens with zero attached hydrogens (tertiary/aromatic N) is 5. The Balaban J connectivity index is 1.31. The molecule has 0 saturated heterocycles. The lowest BCUT2D eigenvalue weighted by Gasteiger charge is -2.09. The second-order valence-electron chi connectivity index (χ2n) is 8.79. The van der Waals surface area contributed by atoms with Gasteiger partial charge in [-0.25, -0.2) is 4.98 Å². The van der Waals surface area contributed by atoms with E-state index < -0.39 is 23.3 Å². The quantitative estimate of drug-likeness (QED) is 0.340. The summed E-state index contributed by atoms with van der Waals surface area (Å²) >= 11 is 0. The van der Waals surface area contributed by atoms with Gasteiger partial charge >= 0.3 is 6.18 Å². The van der Waals surface area contributed by atoms with Crippen molar-refractivity contribution in [3.8, 4) is 0 Å². The van der Waals surface area contributed by atoms with E-state index in [1.807, 2.05) is 6.92 Å². The van der Waals surface area contributed by atoms with Gasteiger partial charge in [-0.05, 0) is 35.2 Å². The van der Waals surface area contributed by atoms with Gasteiger partial charge in [0.1, 0.15) is 0 Å². The van der Waals surface area contributed by atoms with Crippen LogP contribution in [0.5, 0.6) is 0 Å². The number of pyridine rings is 2. The number of carbonyl (C=O) groups excluding carboxylic acids is 1. The first-order chi connectivity index (χ1) is 18.2. The third-order valence-corrected chi connectivity index (χ3v) is 6.19. The molecule has 0 unspecified atom stereocenters. The topological polar surface area (TPSA) is 110 Å². The van der Waals surface area contributed by atoms with E-state index in [0.29, 0.717) is 23.3 Å². The molecule has 194 valence electrons. The molecule has 0 aliphatic rings. The van der Waals surface area contributed by atoms with Crippen LogP contribution in [0.4, 0.5) is 13.2 Å². The van der Waals surface area contributed by atoms with Crippen molar-refractivity contribution in [3.63, 3.8) is 0 Å². The second-order valence-corrected chi connectivity index (χ2v) is 8.79. The molecule has 0 bridgehead atoms. The maximum atomic E-state index is 13.7. The number of H-pyrrole nitrogens is 1. The number of benzene rings is 1. The van der Waals surface area contributed by atoms with Crippen LogP contribution in [0.1, 0.15) is 38.3 Å². The molecule has 4 aromatic heterocycles. The minimum absolute atomic E-state index is 0.00672. The van der Waals surface area contributed by atoms with E-state index in [9.17, 15) is 22.8 Å². The largest absolute Gasteiger partial charge is 0.435 e. The minimum Gasteiger partial charge on any atom is -0.348 e. The number of amides is 1. The van der Waals surface area contributed by atoms with E-state index in [1.54, 1.807) is 59.6 Å². The van der Waals surface area contributed by atoms with Crippen LogP contribution in [-0.2, 0) is 25.8 Å². The van der Waals surface area contributed by atoms with E-state index >= 15 is 0 Å². The summed E-state index contributed by atoms with van der Waals surface area (Å²) in [5.74, 6) is -0.890. The molecule has 9 nitrogen and oxygen atoms in total. The van der Waals surface area contributed by atoms with Crippen molar-refractivity contribution in [2.24, 2.45) is 0 Å². The number of aromatic amines is 1. The summed E-state index contributed by atoms with van der Waals surface area (Å²) in [4.78, 5) is 28.9. The first kappa shape index (κ1) is 24.9. The lowest BCUT2D eigenvalue weighted by Crippen LogP contribution is -2.25. The average molecular weight is 522 g/mol. The van der Waals surface area contributed by atoms with E-state index in [4.69, 9.17) is 0 Å². The summed E-state index contributed by atoms with van der Waals surface area (Å²) in [6.07, 6.45) is 1.11. The molecule has 0 saturated carbocycles. The molecule has 5 aromatic rings. The summed E-state index contributed by atoms with van der Waals surface area (Å²) < 4.78 is 43.8. The first-order valence-electron chi connectivity index (χ1n) is 11.6. The fourth-order valence-corrected chi connectivity index (χ4v) is 4.12. The van der Waals surface area contributed by atoms with Crippen molar-refractivity contribution in [1.29, 1.82) is 0 Å². The van der Waals surface area contributed by atoms with Gasteiger partial charge in [0.05, 0.1) is 24.8 Å². The van der Waals surface area contributed by atoms with Crippen LogP contribution in [0, 0.1) is 6.92 Å². The third kappa shape index (κ3) is 5.19. The molecule has 12 heteroatoms. The summed E-state index contributed by atoms with van der Waals surface area (Å²) in [5.41, 5.74) is 1.65. The highest BCUT2D eigenvalue weighted by Gasteiger charge is 2.39. The monoisotopic (exact) mass is 521 g/mol. The van der Waals surface area contributed by atoms with Crippen LogP contribution in [0.25, 0.3) is 11.0 Å². The zero-order chi connectivity index (χ0) is 26.9. The zero-order valence-electron chi connectivity index (χ0n) is 20.2. The Morgan fingerprint density at radius 1 is 1.05 bits per heavy atom. The van der Waals surface area contributed by atoms with E-state index in [2.05, 4.69) is 25.6 Å². The third-order valence-electron chi connectivity index (χ3n) is 6.19. The van der Waals surface area contributed by atoms with E-state index in [0.717, 1.165) is 27.4 Å². The molecule has 0 aliphatic carbocycles. The Kier molecular flexibility index (Phi) is 6.53. The first-order valence-corrected chi connectivity index (χ1v) is 11.6. The lowest BCUT2D eigenvalue weighted by molar-refractivity contribution is -0.141. The number of hydrogen-bond acceptors (Lipinski definition) is 5. The summed E-state index contributed by atoms with van der Waals surface area (Å²) in [7, 11) is 0. The Morgan fingerprint density at radius 3 is 2.50 bits per heavy atom. The van der Waals surface area contributed by atoms with E-state index in [1.165, 1.54) is 6.07 Å². The van der Waals surface area contributed by atoms with Gasteiger partial charge in [0, 0.05) is 36.6 Å². The maximum absolute atomic E-state index is 13.7. The smallest absolute Gasteiger partial charge is 0.348 e. The molecule has 0 aliphatic heterocycles. The van der Waals surface area contributed by atoms with Crippen LogP contribution in [0.2, 0.25) is 0 Å². The van der Waals surface area contributed by atoms with Gasteiger partial charge in [-0.2, -0.15) is 23.4 Å². The van der Waals surface area contributed by atoms with Crippen molar-refractivity contribution >= 4 is 16.9 Å². The average Bonchev–Trinajstić information content (AvgIpc) is 3.54. The van der Waals surface area contributed by atoms with Crippen LogP contribution in [0.3, 0.4) is 0 Å². The Bertz CT molecular complexity index is 1670. The standard InChI is InChI=1S/C26H22F3N7O2/c1-16-19(10-30-24-20(16)12-32-33-24)11-31-25(38)21-15-36(34-23(21)26(27,28)29)14-18-7-5-17(6-8-18)13-35-9-3-2-4-22(35)37/h2-10,12,15H,11,13-14H2,1H3,(H,31,38)(H,30,32,33). The highest BCUT2D eigenvalue weighted by molar-refractivity contribution is 5.95. The summed E-state index contributed by atoms with van der Waals surface area (Å²) in [5, 5.41) is 13.6. The molecular formula is C26H22F3N7O2. The maximum Gasteiger partial charge on any atom is 0.435 e. The molecule has 4 heterocycles. The number of halogens is 3. The van der Waals surface area contributed by atoms with Crippen LogP contribution < -0.4 is 10.9 Å². The highest BCUT2D eigenvalue weighted by Crippen LogP contribution is 2.31. The minimum atomic E-state index is -4.81. The summed E-state index contributed by atoms with van der Waals surface area (Å²) in [6, 6.07) is 12.0. The number of hydrogen-bond donors (Lipinski definition) is 2. The van der Waals surface area contributed by atoms with Crippen LogP contribution in [-0.4, -0.2) is 35.4 Å². The Morgan fingerprint density at radius 2 is 1.79 bits per heavy atom. The fourth-order valence-electron chi connectivity index (χ4n) is 4.12. The van der Waals surface area contributed by atoms with Crippen molar-refractivity contribution < 1.29 is 18.0 Å². The normalized spacial score (nSPS) is 11.7. The predicted octanol–water partition coefficient (Wildman–Crippen LogP) is 3.67. The van der Waals surface area contributed by atoms with Crippen molar-refractivity contribution in [2.45, 2.75) is 32.7 Å². The second kappa shape index (κ2) is 9.96. The molecule has 0 atom stereocenters. The molecule has 0 spiro atoms. The van der Waals surface area contributed by atoms with Gasteiger partial charge < -0.3 is 9.88 Å². The Labute approximate surface area is 213 Å². The van der Waals surface area contributed by atoms with Crippen LogP contribution in [0.15, 0.2) is 72.0 Å². The predicted molar refractivity (Wildman–Crippen MR) is 132 cm³/mol. The van der Waals surface area contributed by atoms with Gasteiger partial charge in [-0.1, -0.05) is 30.3 Å². The number of rotatable bonds is 7. The van der Waals surface area contributed by atoms with Gasteiger partial charge in [-0.15, -0.1) is 0 Å². The SMILES string of the molecule is Cc1c(CNC(=O)c2cn(Cc3ccc(Cn4ccccc4=O)cc3)nc2C(F)(F)F)cnc2[nH]ncc12. The summed E-state index contributed by atoms with van der Waals surface area (Å²) in [6.45, 7) is 2.21. The number of nitrogens with one attached hydrogen (secondary N) is 2. The molecule has 38 heavy (non-hydrogen) atoms. The number of fused-ring (bicyclic) bond motifs is 1. The van der Waals surface area contributed by atoms with Crippen molar-refractivity contribution in [3.05, 3.63) is 111 Å². The van der Waals surface area contributed by atoms with Gasteiger partial charge in [0.25, 0.3) is 11.5 Å². The van der Waals surface area contributed by atoms with Crippen molar-refractivity contribution in [1.82, 2.24) is 34.8 Å². The molecule has 0 radical (unpaired) electrons. The van der Waals surface area contributed by atoms with Crippen molar-refractivity contribution in [2.75, 3.05) is 0 Å². The molecule has 0 fully saturated rings. The highest BCUT2D eigenvalue weighted by atomic mass is 19.4. The van der Waals surface area contributed by atoms with Gasteiger partial charge in [0.15, 0.2) is 11.3 Å². The number of aromatic nitrogens is 6. The van der Waals surface area contributed by atoms with Crippen LogP contribution >= 0.6 is 0 Å². The Hall–Kier alpha value is -4.74. The molecule has 1 amide bonds. The number of alkyl halides is 3.